The van der Waals surface area contributed by atoms with Crippen LogP contribution in [0.4, 0.5) is 0 Å². The molecular weight excluding hydrogens is 281 g/mol. The van der Waals surface area contributed by atoms with E-state index in [2.05, 4.69) is 9.72 Å². The fraction of sp³-hybridized carbons (Fsp3) is 0.0909. The minimum Gasteiger partial charge on any atom is -0.464 e. The van der Waals surface area contributed by atoms with Gasteiger partial charge in [0, 0.05) is 10.0 Å². The van der Waals surface area contributed by atoms with Crippen molar-refractivity contribution in [2.75, 3.05) is 7.11 Å². The van der Waals surface area contributed by atoms with E-state index in [0.717, 1.165) is 5.56 Å². The van der Waals surface area contributed by atoms with Crippen LogP contribution in [0.2, 0.25) is 10.0 Å². The van der Waals surface area contributed by atoms with Crippen LogP contribution in [0.15, 0.2) is 23.7 Å². The van der Waals surface area contributed by atoms with E-state index in [0.29, 0.717) is 14.9 Å². The number of methoxy groups -OCH3 is 1. The van der Waals surface area contributed by atoms with Crippen molar-refractivity contribution in [3.05, 3.63) is 39.4 Å². The summed E-state index contributed by atoms with van der Waals surface area (Å²) in [6.07, 6.45) is 0. The fourth-order valence-electron chi connectivity index (χ4n) is 1.38. The Morgan fingerprint density at radius 2 is 1.94 bits per heavy atom. The van der Waals surface area contributed by atoms with Gasteiger partial charge in [0.2, 0.25) is 0 Å². The molecule has 0 saturated heterocycles. The number of thiazole rings is 1. The summed E-state index contributed by atoms with van der Waals surface area (Å²) in [6, 6.07) is 5.09. The molecule has 0 bridgehead atoms. The van der Waals surface area contributed by atoms with E-state index in [1.807, 2.05) is 0 Å². The number of benzene rings is 1. The molecule has 0 atom stereocenters. The van der Waals surface area contributed by atoms with Crippen molar-refractivity contribution in [1.82, 2.24) is 4.98 Å². The Bertz CT molecular complexity index is 548. The van der Waals surface area contributed by atoms with Crippen LogP contribution in [0.1, 0.15) is 10.5 Å². The molecule has 3 nitrogen and oxygen atoms in total. The lowest BCUT2D eigenvalue weighted by Crippen LogP contribution is -2.02. The van der Waals surface area contributed by atoms with Gasteiger partial charge in [-0.25, -0.2) is 9.78 Å². The molecule has 2 rings (SSSR count). The molecule has 0 aliphatic heterocycles. The van der Waals surface area contributed by atoms with Crippen LogP contribution < -0.4 is 0 Å². The number of aromatic nitrogens is 1. The number of esters is 1. The number of halogens is 2. The van der Waals surface area contributed by atoms with Gasteiger partial charge in [0.15, 0.2) is 5.69 Å². The van der Waals surface area contributed by atoms with Crippen molar-refractivity contribution in [2.24, 2.45) is 0 Å². The first-order valence-corrected chi connectivity index (χ1v) is 6.23. The van der Waals surface area contributed by atoms with Gasteiger partial charge in [-0.3, -0.25) is 0 Å². The standard InChI is InChI=1S/C11H7Cl2NO2S/c1-16-11(15)9-10(17-5-14-9)6-2-7(12)4-8(13)3-6/h2-5H,1H3. The molecule has 0 unspecified atom stereocenters. The monoisotopic (exact) mass is 287 g/mol. The molecule has 0 aliphatic carbocycles. The number of ether oxygens (including phenoxy) is 1. The van der Waals surface area contributed by atoms with Gasteiger partial charge < -0.3 is 4.74 Å². The molecule has 0 amide bonds. The van der Waals surface area contributed by atoms with Crippen LogP contribution in [0.25, 0.3) is 10.4 Å². The predicted molar refractivity (Wildman–Crippen MR) is 68.9 cm³/mol. The Balaban J connectivity index is 2.53. The van der Waals surface area contributed by atoms with Crippen molar-refractivity contribution in [3.63, 3.8) is 0 Å². The molecule has 6 heteroatoms. The molecule has 1 aromatic heterocycles. The topological polar surface area (TPSA) is 39.2 Å². The van der Waals surface area contributed by atoms with Crippen LogP contribution in [-0.2, 0) is 4.74 Å². The third-order valence-electron chi connectivity index (χ3n) is 2.07. The molecule has 0 aliphatic rings. The minimum absolute atomic E-state index is 0.274. The number of rotatable bonds is 2. The highest BCUT2D eigenvalue weighted by atomic mass is 35.5. The quantitative estimate of drug-likeness (QED) is 0.787. The summed E-state index contributed by atoms with van der Waals surface area (Å²) in [5, 5.41) is 1.02. The van der Waals surface area contributed by atoms with E-state index in [1.54, 1.807) is 23.7 Å². The maximum absolute atomic E-state index is 11.5. The number of nitrogens with zero attached hydrogens (tertiary/aromatic N) is 1. The summed E-state index contributed by atoms with van der Waals surface area (Å²) < 4.78 is 4.66. The third-order valence-corrected chi connectivity index (χ3v) is 3.38. The molecule has 1 aromatic carbocycles. The van der Waals surface area contributed by atoms with Crippen molar-refractivity contribution in [2.45, 2.75) is 0 Å². The number of hydrogen-bond donors (Lipinski definition) is 0. The highest BCUT2D eigenvalue weighted by Crippen LogP contribution is 2.32. The summed E-state index contributed by atoms with van der Waals surface area (Å²) in [5.74, 6) is -0.475. The maximum atomic E-state index is 11.5. The van der Waals surface area contributed by atoms with Gasteiger partial charge in [-0.05, 0) is 23.8 Å². The Morgan fingerprint density at radius 3 is 2.53 bits per heavy atom. The van der Waals surface area contributed by atoms with Crippen LogP contribution in [0.5, 0.6) is 0 Å². The zero-order valence-corrected chi connectivity index (χ0v) is 11.1. The summed E-state index contributed by atoms with van der Waals surface area (Å²) in [5.41, 5.74) is 2.61. The van der Waals surface area contributed by atoms with Crippen LogP contribution in [0.3, 0.4) is 0 Å². The first-order valence-electron chi connectivity index (χ1n) is 4.60. The largest absolute Gasteiger partial charge is 0.464 e. The summed E-state index contributed by atoms with van der Waals surface area (Å²) >= 11 is 13.2. The average Bonchev–Trinajstić information content (AvgIpc) is 2.75. The number of carbonyl (C=O) groups is 1. The third kappa shape index (κ3) is 2.60. The molecule has 0 radical (unpaired) electrons. The van der Waals surface area contributed by atoms with E-state index < -0.39 is 5.97 Å². The molecule has 17 heavy (non-hydrogen) atoms. The second-order valence-electron chi connectivity index (χ2n) is 3.18. The van der Waals surface area contributed by atoms with Gasteiger partial charge in [0.05, 0.1) is 17.5 Å². The Hall–Kier alpha value is -1.10. The SMILES string of the molecule is COC(=O)c1ncsc1-c1cc(Cl)cc(Cl)c1. The highest BCUT2D eigenvalue weighted by molar-refractivity contribution is 7.13. The van der Waals surface area contributed by atoms with Gasteiger partial charge in [0.1, 0.15) is 0 Å². The van der Waals surface area contributed by atoms with Crippen molar-refractivity contribution in [1.29, 1.82) is 0 Å². The molecule has 0 fully saturated rings. The van der Waals surface area contributed by atoms with Gasteiger partial charge in [-0.2, -0.15) is 0 Å². The maximum Gasteiger partial charge on any atom is 0.358 e. The average molecular weight is 288 g/mol. The number of carbonyl (C=O) groups excluding carboxylic acids is 1. The highest BCUT2D eigenvalue weighted by Gasteiger charge is 2.17. The summed E-state index contributed by atoms with van der Waals surface area (Å²) in [6.45, 7) is 0. The Labute approximate surface area is 112 Å². The molecule has 0 N–H and O–H groups in total. The van der Waals surface area contributed by atoms with E-state index in [4.69, 9.17) is 23.2 Å². The molecule has 0 spiro atoms. The van der Waals surface area contributed by atoms with E-state index in [9.17, 15) is 4.79 Å². The lowest BCUT2D eigenvalue weighted by molar-refractivity contribution is 0.0596. The predicted octanol–water partition coefficient (Wildman–Crippen LogP) is 3.90. The van der Waals surface area contributed by atoms with Gasteiger partial charge in [-0.15, -0.1) is 11.3 Å². The van der Waals surface area contributed by atoms with Crippen molar-refractivity contribution >= 4 is 40.5 Å². The molecule has 88 valence electrons. The lowest BCUT2D eigenvalue weighted by atomic mass is 10.1. The van der Waals surface area contributed by atoms with E-state index in [1.165, 1.54) is 18.4 Å². The van der Waals surface area contributed by atoms with Crippen molar-refractivity contribution < 1.29 is 9.53 Å². The second kappa shape index (κ2) is 5.04. The second-order valence-corrected chi connectivity index (χ2v) is 4.91. The van der Waals surface area contributed by atoms with Gasteiger partial charge >= 0.3 is 5.97 Å². The smallest absolute Gasteiger partial charge is 0.358 e. The normalized spacial score (nSPS) is 10.3. The molecule has 0 saturated carbocycles. The summed E-state index contributed by atoms with van der Waals surface area (Å²) in [4.78, 5) is 16.2. The summed E-state index contributed by atoms with van der Waals surface area (Å²) in [7, 11) is 1.32. The molecule has 2 aromatic rings. The first-order chi connectivity index (χ1) is 8.11. The zero-order valence-electron chi connectivity index (χ0n) is 8.74. The number of hydrogen-bond acceptors (Lipinski definition) is 4. The Morgan fingerprint density at radius 1 is 1.29 bits per heavy atom. The van der Waals surface area contributed by atoms with Gasteiger partial charge in [0.25, 0.3) is 0 Å². The van der Waals surface area contributed by atoms with Crippen LogP contribution >= 0.6 is 34.5 Å². The first kappa shape index (κ1) is 12.4. The lowest BCUT2D eigenvalue weighted by Gasteiger charge is -2.02. The molecular formula is C11H7Cl2NO2S. The molecule has 1 heterocycles. The van der Waals surface area contributed by atoms with E-state index >= 15 is 0 Å². The fourth-order valence-corrected chi connectivity index (χ4v) is 2.67. The Kier molecular flexibility index (Phi) is 3.66. The van der Waals surface area contributed by atoms with Crippen LogP contribution in [-0.4, -0.2) is 18.1 Å². The van der Waals surface area contributed by atoms with Crippen molar-refractivity contribution in [3.8, 4) is 10.4 Å². The zero-order chi connectivity index (χ0) is 12.4. The van der Waals surface area contributed by atoms with E-state index in [-0.39, 0.29) is 5.69 Å². The minimum atomic E-state index is -0.475. The van der Waals surface area contributed by atoms with Crippen LogP contribution in [0, 0.1) is 0 Å². The van der Waals surface area contributed by atoms with Gasteiger partial charge in [-0.1, -0.05) is 23.2 Å².